The molecule has 1 N–H and O–H groups in total. The van der Waals surface area contributed by atoms with Gasteiger partial charge in [0.2, 0.25) is 5.91 Å². The smallest absolute Gasteiger partial charge is 0.416 e. The minimum absolute atomic E-state index is 0.0726. The van der Waals surface area contributed by atoms with E-state index in [0.29, 0.717) is 27.7 Å². The van der Waals surface area contributed by atoms with E-state index >= 15 is 0 Å². The van der Waals surface area contributed by atoms with E-state index in [2.05, 4.69) is 10.3 Å². The fraction of sp³-hybridized carbons (Fsp3) is 0.158. The Morgan fingerprint density at radius 2 is 1.78 bits per heavy atom. The molecule has 1 aromatic heterocycles. The lowest BCUT2D eigenvalue weighted by Gasteiger charge is -2.06. The van der Waals surface area contributed by atoms with Crippen LogP contribution in [-0.4, -0.2) is 18.0 Å². The van der Waals surface area contributed by atoms with Crippen molar-refractivity contribution >= 4 is 22.9 Å². The van der Waals surface area contributed by atoms with Crippen LogP contribution in [0.4, 0.5) is 18.9 Å². The number of nitrogens with one attached hydrogen (secondary N) is 1. The zero-order valence-corrected chi connectivity index (χ0v) is 15.0. The first-order valence-electron chi connectivity index (χ1n) is 7.91. The summed E-state index contributed by atoms with van der Waals surface area (Å²) in [4.78, 5) is 16.5. The molecule has 140 valence electrons. The van der Waals surface area contributed by atoms with E-state index in [9.17, 15) is 18.0 Å². The third-order valence-electron chi connectivity index (χ3n) is 3.73. The van der Waals surface area contributed by atoms with Crippen LogP contribution in [-0.2, 0) is 17.4 Å². The van der Waals surface area contributed by atoms with Gasteiger partial charge in [-0.3, -0.25) is 4.79 Å². The molecular weight excluding hydrogens is 377 g/mol. The molecule has 0 spiro atoms. The number of amides is 1. The molecule has 0 aliphatic rings. The minimum Gasteiger partial charge on any atom is -0.497 e. The summed E-state index contributed by atoms with van der Waals surface area (Å²) in [6, 6.07) is 11.7. The number of benzene rings is 2. The quantitative estimate of drug-likeness (QED) is 0.663. The van der Waals surface area contributed by atoms with E-state index in [-0.39, 0.29) is 12.3 Å². The fourth-order valence-corrected chi connectivity index (χ4v) is 3.19. The van der Waals surface area contributed by atoms with E-state index in [1.807, 2.05) is 0 Å². The van der Waals surface area contributed by atoms with Crippen LogP contribution < -0.4 is 10.1 Å². The van der Waals surface area contributed by atoms with Crippen molar-refractivity contribution < 1.29 is 22.7 Å². The lowest BCUT2D eigenvalue weighted by atomic mass is 10.1. The molecule has 0 radical (unpaired) electrons. The van der Waals surface area contributed by atoms with Gasteiger partial charge in [0.15, 0.2) is 0 Å². The summed E-state index contributed by atoms with van der Waals surface area (Å²) in [5.41, 5.74) is 1.07. The van der Waals surface area contributed by atoms with Crippen LogP contribution in [0.25, 0.3) is 10.6 Å². The van der Waals surface area contributed by atoms with E-state index in [1.165, 1.54) is 23.5 Å². The lowest BCUT2D eigenvalue weighted by molar-refractivity contribution is -0.137. The molecule has 3 rings (SSSR count). The summed E-state index contributed by atoms with van der Waals surface area (Å²) in [7, 11) is 1.56. The van der Waals surface area contributed by atoms with Gasteiger partial charge in [0.05, 0.1) is 24.8 Å². The molecule has 0 unspecified atom stereocenters. The number of halogens is 3. The third-order valence-corrected chi connectivity index (χ3v) is 4.67. The van der Waals surface area contributed by atoms with E-state index in [1.54, 1.807) is 36.8 Å². The molecule has 0 atom stereocenters. The topological polar surface area (TPSA) is 51.2 Å². The van der Waals surface area contributed by atoms with Crippen molar-refractivity contribution in [1.82, 2.24) is 4.98 Å². The molecule has 1 heterocycles. The molecule has 1 amide bonds. The average Bonchev–Trinajstić information content (AvgIpc) is 3.10. The number of nitrogens with zero attached hydrogens (tertiary/aromatic N) is 1. The first-order chi connectivity index (χ1) is 12.8. The van der Waals surface area contributed by atoms with Crippen molar-refractivity contribution in [2.24, 2.45) is 0 Å². The molecule has 0 bridgehead atoms. The maximum atomic E-state index is 12.6. The Bertz CT molecular complexity index is 919. The van der Waals surface area contributed by atoms with Gasteiger partial charge in [-0.1, -0.05) is 12.1 Å². The summed E-state index contributed by atoms with van der Waals surface area (Å²) in [6.45, 7) is 0. The predicted octanol–water partition coefficient (Wildman–Crippen LogP) is 5.02. The van der Waals surface area contributed by atoms with Gasteiger partial charge >= 0.3 is 6.18 Å². The minimum atomic E-state index is -4.37. The third kappa shape index (κ3) is 4.85. The van der Waals surface area contributed by atoms with Crippen LogP contribution in [0.1, 0.15) is 11.3 Å². The van der Waals surface area contributed by atoms with Gasteiger partial charge in [-0.05, 0) is 36.4 Å². The Kier molecular flexibility index (Phi) is 5.46. The molecular formula is C19H15F3N2O2S. The number of hydrogen-bond donors (Lipinski definition) is 1. The number of alkyl halides is 3. The average molecular weight is 392 g/mol. The molecule has 0 saturated carbocycles. The molecule has 27 heavy (non-hydrogen) atoms. The Balaban J connectivity index is 1.64. The van der Waals surface area contributed by atoms with E-state index < -0.39 is 11.7 Å². The van der Waals surface area contributed by atoms with Gasteiger partial charge in [0, 0.05) is 16.6 Å². The highest BCUT2D eigenvalue weighted by atomic mass is 32.1. The Morgan fingerprint density at radius 1 is 1.11 bits per heavy atom. The van der Waals surface area contributed by atoms with Crippen molar-refractivity contribution in [3.63, 3.8) is 0 Å². The predicted molar refractivity (Wildman–Crippen MR) is 97.9 cm³/mol. The number of aromatic nitrogens is 1. The molecule has 0 fully saturated rings. The first-order valence-corrected chi connectivity index (χ1v) is 8.79. The second kappa shape index (κ2) is 7.79. The molecule has 3 aromatic rings. The van der Waals surface area contributed by atoms with Crippen molar-refractivity contribution in [3.05, 3.63) is 65.2 Å². The maximum absolute atomic E-state index is 12.6. The molecule has 8 heteroatoms. The van der Waals surface area contributed by atoms with Gasteiger partial charge in [-0.2, -0.15) is 13.2 Å². The second-order valence-electron chi connectivity index (χ2n) is 5.67. The number of methoxy groups -OCH3 is 1. The number of carbonyl (C=O) groups is 1. The van der Waals surface area contributed by atoms with Gasteiger partial charge in [0.1, 0.15) is 10.8 Å². The molecule has 0 aliphatic heterocycles. The molecule has 0 saturated heterocycles. The first kappa shape index (κ1) is 18.9. The van der Waals surface area contributed by atoms with Crippen molar-refractivity contribution in [2.45, 2.75) is 12.6 Å². The number of thiazole rings is 1. The monoisotopic (exact) mass is 392 g/mol. The number of anilines is 1. The number of carbonyl (C=O) groups excluding carboxylic acids is 1. The van der Waals surface area contributed by atoms with Gasteiger partial charge in [0.25, 0.3) is 0 Å². The maximum Gasteiger partial charge on any atom is 0.416 e. The Morgan fingerprint density at radius 3 is 2.37 bits per heavy atom. The van der Waals surface area contributed by atoms with Crippen LogP contribution in [0.5, 0.6) is 5.75 Å². The van der Waals surface area contributed by atoms with Crippen LogP contribution in [0.3, 0.4) is 0 Å². The molecule has 2 aromatic carbocycles. The summed E-state index contributed by atoms with van der Waals surface area (Å²) in [5.74, 6) is 0.457. The fourth-order valence-electron chi connectivity index (χ4n) is 2.37. The summed E-state index contributed by atoms with van der Waals surface area (Å²) in [6.07, 6.45) is -4.30. The molecule has 0 aliphatic carbocycles. The number of hydrogen-bond acceptors (Lipinski definition) is 4. The van der Waals surface area contributed by atoms with Crippen molar-refractivity contribution in [2.75, 3.05) is 12.4 Å². The largest absolute Gasteiger partial charge is 0.497 e. The standard InChI is InChI=1S/C19H15F3N2O2S/c1-26-16-8-6-14(7-9-16)23-17(25)10-15-11-27-18(24-15)12-2-4-13(5-3-12)19(20,21)22/h2-9,11H,10H2,1H3,(H,23,25). The Hall–Kier alpha value is -2.87. The SMILES string of the molecule is COc1ccc(NC(=O)Cc2csc(-c3ccc(C(F)(F)F)cc3)n2)cc1. The van der Waals surface area contributed by atoms with Crippen molar-refractivity contribution in [1.29, 1.82) is 0 Å². The number of rotatable bonds is 5. The summed E-state index contributed by atoms with van der Waals surface area (Å²) >= 11 is 1.28. The molecule has 4 nitrogen and oxygen atoms in total. The highest BCUT2D eigenvalue weighted by Crippen LogP contribution is 2.31. The van der Waals surface area contributed by atoms with Crippen LogP contribution in [0.15, 0.2) is 53.9 Å². The highest BCUT2D eigenvalue weighted by molar-refractivity contribution is 7.13. The number of ether oxygens (including phenoxy) is 1. The zero-order chi connectivity index (χ0) is 19.4. The lowest BCUT2D eigenvalue weighted by Crippen LogP contribution is -2.14. The zero-order valence-electron chi connectivity index (χ0n) is 14.2. The van der Waals surface area contributed by atoms with Crippen molar-refractivity contribution in [3.8, 4) is 16.3 Å². The van der Waals surface area contributed by atoms with Gasteiger partial charge in [-0.25, -0.2) is 4.98 Å². The highest BCUT2D eigenvalue weighted by Gasteiger charge is 2.30. The van der Waals surface area contributed by atoms with Crippen LogP contribution in [0, 0.1) is 0 Å². The Labute approximate surface area is 157 Å². The van der Waals surface area contributed by atoms with Crippen LogP contribution >= 0.6 is 11.3 Å². The van der Waals surface area contributed by atoms with Crippen LogP contribution in [0.2, 0.25) is 0 Å². The van der Waals surface area contributed by atoms with Gasteiger partial charge < -0.3 is 10.1 Å². The summed E-state index contributed by atoms with van der Waals surface area (Å²) in [5, 5.41) is 5.05. The van der Waals surface area contributed by atoms with E-state index in [0.717, 1.165) is 12.1 Å². The second-order valence-corrected chi connectivity index (χ2v) is 6.53. The van der Waals surface area contributed by atoms with E-state index in [4.69, 9.17) is 4.74 Å². The normalized spacial score (nSPS) is 11.3. The van der Waals surface area contributed by atoms with Gasteiger partial charge in [-0.15, -0.1) is 11.3 Å². The summed E-state index contributed by atoms with van der Waals surface area (Å²) < 4.78 is 42.9.